The molecule has 0 radical (unpaired) electrons. The van der Waals surface area contributed by atoms with Crippen LogP contribution in [0, 0.1) is 6.92 Å². The number of carbonyl (C=O) groups excluding carboxylic acids is 1. The molecule has 1 fully saturated rings. The third-order valence-electron chi connectivity index (χ3n) is 3.07. The lowest BCUT2D eigenvalue weighted by molar-refractivity contribution is -0.120. The maximum atomic E-state index is 11.9. The van der Waals surface area contributed by atoms with Crippen LogP contribution in [0.1, 0.15) is 25.5 Å². The van der Waals surface area contributed by atoms with Crippen molar-refractivity contribution in [1.29, 1.82) is 0 Å². The first kappa shape index (κ1) is 13.2. The molecule has 0 saturated heterocycles. The van der Waals surface area contributed by atoms with Crippen molar-refractivity contribution in [2.45, 2.75) is 43.2 Å². The number of carbonyl (C=O) groups is 1. The van der Waals surface area contributed by atoms with Crippen molar-refractivity contribution < 1.29 is 13.6 Å². The summed E-state index contributed by atoms with van der Waals surface area (Å²) in [7, 11) is 0. The monoisotopic (exact) mass is 293 g/mol. The van der Waals surface area contributed by atoms with Crippen molar-refractivity contribution >= 4 is 17.7 Å². The Morgan fingerprint density at radius 1 is 1.50 bits per heavy atom. The second-order valence-corrected chi connectivity index (χ2v) is 6.10. The fourth-order valence-electron chi connectivity index (χ4n) is 1.72. The molecular formula is C13H15N3O3S. The third-order valence-corrected chi connectivity index (χ3v) is 4.00. The van der Waals surface area contributed by atoms with Crippen LogP contribution >= 0.6 is 11.8 Å². The maximum Gasteiger partial charge on any atom is 0.277 e. The van der Waals surface area contributed by atoms with Crippen LogP contribution in [0.2, 0.25) is 0 Å². The van der Waals surface area contributed by atoms with Gasteiger partial charge in [0.15, 0.2) is 0 Å². The van der Waals surface area contributed by atoms with Crippen LogP contribution < -0.4 is 5.32 Å². The Morgan fingerprint density at radius 2 is 2.30 bits per heavy atom. The normalized spacial score (nSPS) is 16.1. The molecule has 106 valence electrons. The number of amides is 1. The first-order valence-corrected chi connectivity index (χ1v) is 7.36. The third kappa shape index (κ3) is 2.87. The number of rotatable bonds is 5. The first-order chi connectivity index (χ1) is 9.63. The molecule has 0 aliphatic heterocycles. The highest BCUT2D eigenvalue weighted by atomic mass is 32.2. The number of nitrogens with zero attached hydrogens (tertiary/aromatic N) is 2. The quantitative estimate of drug-likeness (QED) is 0.852. The molecule has 2 heterocycles. The molecule has 1 aliphatic rings. The first-order valence-electron chi connectivity index (χ1n) is 6.48. The molecule has 1 aliphatic carbocycles. The molecule has 0 bridgehead atoms. The molecule has 3 rings (SSSR count). The lowest BCUT2D eigenvalue weighted by Gasteiger charge is -2.08. The predicted molar refractivity (Wildman–Crippen MR) is 73.2 cm³/mol. The smallest absolute Gasteiger partial charge is 0.277 e. The van der Waals surface area contributed by atoms with Gasteiger partial charge in [0, 0.05) is 6.04 Å². The molecule has 6 nitrogen and oxygen atoms in total. The maximum absolute atomic E-state index is 11.9. The Hall–Kier alpha value is -1.76. The van der Waals surface area contributed by atoms with Crippen molar-refractivity contribution in [3.63, 3.8) is 0 Å². The molecule has 1 amide bonds. The zero-order valence-corrected chi connectivity index (χ0v) is 12.1. The van der Waals surface area contributed by atoms with E-state index in [0.717, 1.165) is 24.2 Å². The zero-order chi connectivity index (χ0) is 14.1. The average Bonchev–Trinajstić information content (AvgIpc) is 2.94. The number of hydrogen-bond acceptors (Lipinski definition) is 6. The van der Waals surface area contributed by atoms with E-state index < -0.39 is 0 Å². The van der Waals surface area contributed by atoms with Gasteiger partial charge in [0.2, 0.25) is 5.91 Å². The van der Waals surface area contributed by atoms with Crippen LogP contribution in [0.15, 0.2) is 26.4 Å². The summed E-state index contributed by atoms with van der Waals surface area (Å²) < 4.78 is 10.8. The number of thioether (sulfide) groups is 1. The van der Waals surface area contributed by atoms with Crippen molar-refractivity contribution in [3.8, 4) is 11.5 Å². The highest BCUT2D eigenvalue weighted by Gasteiger charge is 2.27. The van der Waals surface area contributed by atoms with Gasteiger partial charge in [-0.15, -0.1) is 10.2 Å². The molecule has 2 aromatic rings. The van der Waals surface area contributed by atoms with Crippen LogP contribution in [0.5, 0.6) is 0 Å². The van der Waals surface area contributed by atoms with Crippen molar-refractivity contribution in [3.05, 3.63) is 18.1 Å². The van der Waals surface area contributed by atoms with E-state index in [0.29, 0.717) is 17.2 Å². The lowest BCUT2D eigenvalue weighted by atomic mass is 10.3. The van der Waals surface area contributed by atoms with E-state index in [-0.39, 0.29) is 11.2 Å². The highest BCUT2D eigenvalue weighted by molar-refractivity contribution is 8.00. The van der Waals surface area contributed by atoms with Gasteiger partial charge in [0.1, 0.15) is 5.76 Å². The van der Waals surface area contributed by atoms with Gasteiger partial charge in [0.05, 0.1) is 17.1 Å². The highest BCUT2D eigenvalue weighted by Crippen LogP contribution is 2.28. The van der Waals surface area contributed by atoms with Crippen molar-refractivity contribution in [2.75, 3.05) is 0 Å². The molecule has 7 heteroatoms. The molecular weight excluding hydrogens is 278 g/mol. The Morgan fingerprint density at radius 3 is 2.95 bits per heavy atom. The summed E-state index contributed by atoms with van der Waals surface area (Å²) in [5, 5.41) is 11.0. The number of aromatic nitrogens is 2. The second-order valence-electron chi connectivity index (χ2n) is 4.81. The van der Waals surface area contributed by atoms with Gasteiger partial charge in [-0.25, -0.2) is 0 Å². The van der Waals surface area contributed by atoms with E-state index in [1.54, 1.807) is 12.3 Å². The number of nitrogens with one attached hydrogen (secondary N) is 1. The second kappa shape index (κ2) is 5.32. The summed E-state index contributed by atoms with van der Waals surface area (Å²) in [5.74, 6) is 1.15. The van der Waals surface area contributed by atoms with Gasteiger partial charge in [-0.1, -0.05) is 11.8 Å². The zero-order valence-electron chi connectivity index (χ0n) is 11.3. The Balaban J connectivity index is 1.64. The van der Waals surface area contributed by atoms with E-state index in [9.17, 15) is 4.79 Å². The summed E-state index contributed by atoms with van der Waals surface area (Å²) in [5.41, 5.74) is 0.777. The van der Waals surface area contributed by atoms with Gasteiger partial charge in [0.25, 0.3) is 11.1 Å². The van der Waals surface area contributed by atoms with Gasteiger partial charge < -0.3 is 14.2 Å². The van der Waals surface area contributed by atoms with E-state index >= 15 is 0 Å². The number of hydrogen-bond donors (Lipinski definition) is 1. The molecule has 2 aromatic heterocycles. The summed E-state index contributed by atoms with van der Waals surface area (Å²) >= 11 is 1.26. The Kier molecular flexibility index (Phi) is 3.52. The minimum atomic E-state index is -0.255. The molecule has 0 spiro atoms. The number of furan rings is 1. The lowest BCUT2D eigenvalue weighted by Crippen LogP contribution is -2.32. The van der Waals surface area contributed by atoms with Crippen LogP contribution in [0.3, 0.4) is 0 Å². The largest absolute Gasteiger partial charge is 0.469 e. The summed E-state index contributed by atoms with van der Waals surface area (Å²) in [6.07, 6.45) is 3.73. The van der Waals surface area contributed by atoms with Gasteiger partial charge in [-0.3, -0.25) is 4.79 Å². The SMILES string of the molecule is Cc1occc1-c1nnc(SC(C)C(=O)NC2CC2)o1. The van der Waals surface area contributed by atoms with Crippen LogP contribution in [-0.4, -0.2) is 27.4 Å². The molecule has 1 atom stereocenters. The molecule has 20 heavy (non-hydrogen) atoms. The van der Waals surface area contributed by atoms with Crippen LogP contribution in [-0.2, 0) is 4.79 Å². The minimum Gasteiger partial charge on any atom is -0.469 e. The summed E-state index contributed by atoms with van der Waals surface area (Å²) in [6, 6.07) is 2.14. The fourth-order valence-corrected chi connectivity index (χ4v) is 2.42. The van der Waals surface area contributed by atoms with Gasteiger partial charge in [-0.05, 0) is 32.8 Å². The van der Waals surface area contributed by atoms with Crippen LogP contribution in [0.25, 0.3) is 11.5 Å². The van der Waals surface area contributed by atoms with Crippen molar-refractivity contribution in [1.82, 2.24) is 15.5 Å². The molecule has 1 unspecified atom stereocenters. The molecule has 1 saturated carbocycles. The van der Waals surface area contributed by atoms with E-state index in [2.05, 4.69) is 15.5 Å². The Bertz CT molecular complexity index is 618. The predicted octanol–water partition coefficient (Wildman–Crippen LogP) is 2.40. The summed E-state index contributed by atoms with van der Waals surface area (Å²) in [4.78, 5) is 11.9. The van der Waals surface area contributed by atoms with Crippen LogP contribution in [0.4, 0.5) is 0 Å². The van der Waals surface area contributed by atoms with E-state index in [4.69, 9.17) is 8.83 Å². The molecule has 0 aromatic carbocycles. The fraction of sp³-hybridized carbons (Fsp3) is 0.462. The van der Waals surface area contributed by atoms with E-state index in [1.165, 1.54) is 11.8 Å². The van der Waals surface area contributed by atoms with Gasteiger partial charge in [-0.2, -0.15) is 0 Å². The summed E-state index contributed by atoms with van der Waals surface area (Å²) in [6.45, 7) is 3.66. The van der Waals surface area contributed by atoms with E-state index in [1.807, 2.05) is 13.8 Å². The topological polar surface area (TPSA) is 81.2 Å². The Labute approximate surface area is 120 Å². The average molecular weight is 293 g/mol. The number of aryl methyl sites for hydroxylation is 1. The minimum absolute atomic E-state index is 0.0109. The molecule has 1 N–H and O–H groups in total. The van der Waals surface area contributed by atoms with Crippen molar-refractivity contribution in [2.24, 2.45) is 0 Å². The van der Waals surface area contributed by atoms with Gasteiger partial charge >= 0.3 is 0 Å². The standard InChI is InChI=1S/C13H15N3O3S/c1-7-10(5-6-18-7)12-15-16-13(19-12)20-8(2)11(17)14-9-3-4-9/h5-6,8-9H,3-4H2,1-2H3,(H,14,17).